The zero-order chi connectivity index (χ0) is 20.0. The van der Waals surface area contributed by atoms with Gasteiger partial charge in [-0.15, -0.1) is 0 Å². The van der Waals surface area contributed by atoms with E-state index in [0.717, 1.165) is 57.0 Å². The molecule has 0 saturated carbocycles. The maximum atomic E-state index is 13.4. The standard InChI is InChI=1S/C21H35FN4O2/c1-3-4-13-27-15-16-28-14-10-24-21(23-2)25-19-8-11-26(12-9-19)20-7-5-6-18(22)17-20/h5-7,17,19H,3-4,8-16H2,1-2H3,(H2,23,24,25). The van der Waals surface area contributed by atoms with Crippen LogP contribution in [-0.4, -0.2) is 65.1 Å². The van der Waals surface area contributed by atoms with Crippen molar-refractivity contribution in [2.24, 2.45) is 4.99 Å². The van der Waals surface area contributed by atoms with Crippen molar-refractivity contribution in [2.75, 3.05) is 58.0 Å². The monoisotopic (exact) mass is 394 g/mol. The Bertz CT molecular complexity index is 577. The summed E-state index contributed by atoms with van der Waals surface area (Å²) in [5.41, 5.74) is 0.955. The molecular weight excluding hydrogens is 359 g/mol. The predicted molar refractivity (Wildman–Crippen MR) is 113 cm³/mol. The van der Waals surface area contributed by atoms with Crippen molar-refractivity contribution in [1.29, 1.82) is 0 Å². The molecular formula is C21H35FN4O2. The number of rotatable bonds is 11. The number of aliphatic imine (C=N–C) groups is 1. The second-order valence-electron chi connectivity index (χ2n) is 6.96. The van der Waals surface area contributed by atoms with E-state index >= 15 is 0 Å². The van der Waals surface area contributed by atoms with Crippen LogP contribution in [0, 0.1) is 5.82 Å². The molecule has 6 nitrogen and oxygen atoms in total. The number of nitrogens with zero attached hydrogens (tertiary/aromatic N) is 2. The molecule has 0 aliphatic carbocycles. The van der Waals surface area contributed by atoms with Gasteiger partial charge in [-0.2, -0.15) is 0 Å². The lowest BCUT2D eigenvalue weighted by Gasteiger charge is -2.34. The van der Waals surface area contributed by atoms with E-state index in [4.69, 9.17) is 9.47 Å². The third kappa shape index (κ3) is 8.44. The van der Waals surface area contributed by atoms with Crippen molar-refractivity contribution in [3.63, 3.8) is 0 Å². The molecule has 1 heterocycles. The second kappa shape index (κ2) is 13.3. The van der Waals surface area contributed by atoms with Gasteiger partial charge in [0.05, 0.1) is 19.8 Å². The van der Waals surface area contributed by atoms with E-state index in [-0.39, 0.29) is 5.82 Å². The van der Waals surface area contributed by atoms with Gasteiger partial charge in [0, 0.05) is 45.0 Å². The number of benzene rings is 1. The summed E-state index contributed by atoms with van der Waals surface area (Å²) in [6, 6.07) is 7.18. The largest absolute Gasteiger partial charge is 0.379 e. The number of halogens is 1. The molecule has 0 amide bonds. The number of nitrogens with one attached hydrogen (secondary N) is 2. The highest BCUT2D eigenvalue weighted by atomic mass is 19.1. The first-order valence-corrected chi connectivity index (χ1v) is 10.4. The van der Waals surface area contributed by atoms with Gasteiger partial charge in [-0.1, -0.05) is 19.4 Å². The van der Waals surface area contributed by atoms with Gasteiger partial charge in [-0.25, -0.2) is 4.39 Å². The summed E-state index contributed by atoms with van der Waals surface area (Å²) in [5.74, 6) is 0.615. The molecule has 1 aromatic carbocycles. The Balaban J connectivity index is 1.57. The Morgan fingerprint density at radius 3 is 2.61 bits per heavy atom. The smallest absolute Gasteiger partial charge is 0.191 e. The molecule has 2 N–H and O–H groups in total. The molecule has 1 aromatic rings. The predicted octanol–water partition coefficient (Wildman–Crippen LogP) is 2.79. The van der Waals surface area contributed by atoms with Crippen LogP contribution in [0.1, 0.15) is 32.6 Å². The lowest BCUT2D eigenvalue weighted by Crippen LogP contribution is -2.49. The van der Waals surface area contributed by atoms with Crippen LogP contribution >= 0.6 is 0 Å². The van der Waals surface area contributed by atoms with Crippen molar-refractivity contribution in [1.82, 2.24) is 10.6 Å². The Labute approximate surface area is 168 Å². The number of unbranched alkanes of at least 4 members (excludes halogenated alkanes) is 1. The number of hydrogen-bond acceptors (Lipinski definition) is 4. The SMILES string of the molecule is CCCCOCCOCCNC(=NC)NC1CCN(c2cccc(F)c2)CC1. The van der Waals surface area contributed by atoms with Crippen LogP contribution in [0.3, 0.4) is 0 Å². The number of anilines is 1. The van der Waals surface area contributed by atoms with Gasteiger partial charge >= 0.3 is 0 Å². The first-order chi connectivity index (χ1) is 13.7. The van der Waals surface area contributed by atoms with Crippen molar-refractivity contribution in [2.45, 2.75) is 38.6 Å². The summed E-state index contributed by atoms with van der Waals surface area (Å²) < 4.78 is 24.4. The van der Waals surface area contributed by atoms with E-state index in [0.29, 0.717) is 32.4 Å². The van der Waals surface area contributed by atoms with Gasteiger partial charge in [-0.05, 0) is 37.5 Å². The van der Waals surface area contributed by atoms with Gasteiger partial charge in [0.2, 0.25) is 0 Å². The molecule has 1 aliphatic rings. The van der Waals surface area contributed by atoms with Gasteiger partial charge in [0.1, 0.15) is 5.82 Å². The van der Waals surface area contributed by atoms with E-state index in [1.165, 1.54) is 6.07 Å². The number of hydrogen-bond donors (Lipinski definition) is 2. The van der Waals surface area contributed by atoms with Gasteiger partial charge in [0.15, 0.2) is 5.96 Å². The number of guanidine groups is 1. The first kappa shape index (κ1) is 22.4. The van der Waals surface area contributed by atoms with E-state index in [2.05, 4.69) is 27.4 Å². The fraction of sp³-hybridized carbons (Fsp3) is 0.667. The lowest BCUT2D eigenvalue weighted by atomic mass is 10.0. The van der Waals surface area contributed by atoms with E-state index in [9.17, 15) is 4.39 Å². The molecule has 158 valence electrons. The van der Waals surface area contributed by atoms with E-state index in [1.807, 2.05) is 6.07 Å². The maximum absolute atomic E-state index is 13.4. The van der Waals surface area contributed by atoms with Crippen LogP contribution in [0.5, 0.6) is 0 Å². The molecule has 0 bridgehead atoms. The molecule has 1 aliphatic heterocycles. The Kier molecular flexibility index (Phi) is 10.7. The van der Waals surface area contributed by atoms with Crippen LogP contribution < -0.4 is 15.5 Å². The second-order valence-corrected chi connectivity index (χ2v) is 6.96. The molecule has 0 radical (unpaired) electrons. The average molecular weight is 395 g/mol. The molecule has 0 aromatic heterocycles. The molecule has 0 atom stereocenters. The minimum absolute atomic E-state index is 0.183. The van der Waals surface area contributed by atoms with Crippen LogP contribution in [0.25, 0.3) is 0 Å². The Hall–Kier alpha value is -1.86. The van der Waals surface area contributed by atoms with Gasteiger partial charge < -0.3 is 25.0 Å². The number of piperidine rings is 1. The molecule has 28 heavy (non-hydrogen) atoms. The van der Waals surface area contributed by atoms with Gasteiger partial charge in [-0.3, -0.25) is 4.99 Å². The summed E-state index contributed by atoms with van der Waals surface area (Å²) in [6.45, 7) is 7.37. The number of ether oxygens (including phenoxy) is 2. The van der Waals surface area contributed by atoms with Crippen molar-refractivity contribution in [3.05, 3.63) is 30.1 Å². The van der Waals surface area contributed by atoms with Crippen molar-refractivity contribution < 1.29 is 13.9 Å². The van der Waals surface area contributed by atoms with Crippen molar-refractivity contribution >= 4 is 11.6 Å². The molecule has 7 heteroatoms. The topological polar surface area (TPSA) is 58.1 Å². The molecule has 0 unspecified atom stereocenters. The highest BCUT2D eigenvalue weighted by Crippen LogP contribution is 2.20. The van der Waals surface area contributed by atoms with Crippen LogP contribution in [0.15, 0.2) is 29.3 Å². The zero-order valence-corrected chi connectivity index (χ0v) is 17.3. The minimum Gasteiger partial charge on any atom is -0.379 e. The molecule has 2 rings (SSSR count). The summed E-state index contributed by atoms with van der Waals surface area (Å²) in [5, 5.41) is 6.76. The Morgan fingerprint density at radius 1 is 1.18 bits per heavy atom. The van der Waals surface area contributed by atoms with Gasteiger partial charge in [0.25, 0.3) is 0 Å². The maximum Gasteiger partial charge on any atom is 0.191 e. The first-order valence-electron chi connectivity index (χ1n) is 10.4. The summed E-state index contributed by atoms with van der Waals surface area (Å²) in [7, 11) is 1.78. The molecule has 1 saturated heterocycles. The third-order valence-corrected chi connectivity index (χ3v) is 4.79. The van der Waals surface area contributed by atoms with Crippen LogP contribution in [-0.2, 0) is 9.47 Å². The highest BCUT2D eigenvalue weighted by molar-refractivity contribution is 5.80. The van der Waals surface area contributed by atoms with E-state index < -0.39 is 0 Å². The fourth-order valence-corrected chi connectivity index (χ4v) is 3.15. The molecule has 0 spiro atoms. The zero-order valence-electron chi connectivity index (χ0n) is 17.3. The third-order valence-electron chi connectivity index (χ3n) is 4.79. The average Bonchev–Trinajstić information content (AvgIpc) is 2.72. The highest BCUT2D eigenvalue weighted by Gasteiger charge is 2.20. The van der Waals surface area contributed by atoms with Crippen LogP contribution in [0.2, 0.25) is 0 Å². The summed E-state index contributed by atoms with van der Waals surface area (Å²) in [6.07, 6.45) is 4.23. The van der Waals surface area contributed by atoms with Crippen LogP contribution in [0.4, 0.5) is 10.1 Å². The quantitative estimate of drug-likeness (QED) is 0.343. The normalized spacial score (nSPS) is 15.7. The van der Waals surface area contributed by atoms with E-state index in [1.54, 1.807) is 19.2 Å². The van der Waals surface area contributed by atoms with Crippen molar-refractivity contribution in [3.8, 4) is 0 Å². The fourth-order valence-electron chi connectivity index (χ4n) is 3.15. The summed E-state index contributed by atoms with van der Waals surface area (Å²) in [4.78, 5) is 6.52. The Morgan fingerprint density at radius 2 is 1.93 bits per heavy atom. The summed E-state index contributed by atoms with van der Waals surface area (Å²) >= 11 is 0. The lowest BCUT2D eigenvalue weighted by molar-refractivity contribution is 0.0487. The minimum atomic E-state index is -0.183. The molecule has 1 fully saturated rings.